The largest absolute Gasteiger partial charge is 0.459 e. The fraction of sp³-hybridized carbons (Fsp3) is 0.686. The van der Waals surface area contributed by atoms with Crippen molar-refractivity contribution in [3.63, 3.8) is 0 Å². The number of non-ortho nitro benzene ring substituents is 2. The maximum Gasteiger partial charge on any atom is 0.338 e. The molecule has 8 heteroatoms. The molecule has 9 atom stereocenters. The summed E-state index contributed by atoms with van der Waals surface area (Å²) in [5.74, 6) is 3.42. The van der Waals surface area contributed by atoms with Gasteiger partial charge in [0.15, 0.2) is 0 Å². The molecule has 0 aromatic heterocycles. The van der Waals surface area contributed by atoms with Crippen molar-refractivity contribution in [1.29, 1.82) is 0 Å². The molecule has 1 aromatic rings. The van der Waals surface area contributed by atoms with Crippen molar-refractivity contribution in [2.24, 2.45) is 52.3 Å². The number of nitro groups is 2. The summed E-state index contributed by atoms with van der Waals surface area (Å²) in [4.78, 5) is 34.1. The second kappa shape index (κ2) is 11.8. The van der Waals surface area contributed by atoms with Crippen LogP contribution in [0.4, 0.5) is 11.4 Å². The van der Waals surface area contributed by atoms with Gasteiger partial charge < -0.3 is 4.74 Å². The molecule has 8 nitrogen and oxygen atoms in total. The van der Waals surface area contributed by atoms with E-state index in [4.69, 9.17) is 4.74 Å². The summed E-state index contributed by atoms with van der Waals surface area (Å²) < 4.78 is 5.85. The van der Waals surface area contributed by atoms with Crippen LogP contribution in [0.5, 0.6) is 0 Å². The number of benzene rings is 1. The summed E-state index contributed by atoms with van der Waals surface area (Å²) in [6, 6.07) is 2.99. The molecular weight excluding hydrogens is 544 g/mol. The Morgan fingerprint density at radius 1 is 0.907 bits per heavy atom. The molecule has 0 amide bonds. The van der Waals surface area contributed by atoms with Gasteiger partial charge in [0.25, 0.3) is 11.4 Å². The highest BCUT2D eigenvalue weighted by molar-refractivity contribution is 5.91. The zero-order valence-electron chi connectivity index (χ0n) is 26.6. The minimum Gasteiger partial charge on any atom is -0.459 e. The number of carbonyl (C=O) groups excluding carboxylic acids is 1. The number of hydrogen-bond acceptors (Lipinski definition) is 6. The van der Waals surface area contributed by atoms with Crippen molar-refractivity contribution in [3.05, 3.63) is 67.8 Å². The van der Waals surface area contributed by atoms with Gasteiger partial charge in [-0.15, -0.1) is 0 Å². The topological polar surface area (TPSA) is 113 Å². The number of carbonyl (C=O) groups is 1. The molecule has 0 saturated heterocycles. The number of esters is 1. The third-order valence-corrected chi connectivity index (χ3v) is 12.3. The van der Waals surface area contributed by atoms with Crippen LogP contribution in [0, 0.1) is 72.5 Å². The highest BCUT2D eigenvalue weighted by Crippen LogP contribution is 2.67. The smallest absolute Gasteiger partial charge is 0.338 e. The fourth-order valence-electron chi connectivity index (χ4n) is 9.33. The van der Waals surface area contributed by atoms with Crippen molar-refractivity contribution in [2.45, 2.75) is 99.0 Å². The second-order valence-electron chi connectivity index (χ2n) is 14.9. The minimum absolute atomic E-state index is 0.148. The monoisotopic (exact) mass is 592 g/mol. The first-order chi connectivity index (χ1) is 20.2. The maximum absolute atomic E-state index is 13.0. The molecule has 0 spiro atoms. The fourth-order valence-corrected chi connectivity index (χ4v) is 9.33. The van der Waals surface area contributed by atoms with E-state index in [9.17, 15) is 25.0 Å². The summed E-state index contributed by atoms with van der Waals surface area (Å²) >= 11 is 0. The van der Waals surface area contributed by atoms with Gasteiger partial charge in [0.2, 0.25) is 0 Å². The molecule has 0 bridgehead atoms. The number of hydrogen-bond donors (Lipinski definition) is 0. The quantitative estimate of drug-likeness (QED) is 0.129. The summed E-state index contributed by atoms with van der Waals surface area (Å²) in [5, 5.41) is 22.6. The van der Waals surface area contributed by atoms with Crippen molar-refractivity contribution in [3.8, 4) is 0 Å². The molecule has 43 heavy (non-hydrogen) atoms. The molecule has 0 aliphatic heterocycles. The van der Waals surface area contributed by atoms with Crippen LogP contribution in [0.2, 0.25) is 0 Å². The molecule has 234 valence electrons. The summed E-state index contributed by atoms with van der Waals surface area (Å²) in [6.45, 7) is 14.3. The number of rotatable bonds is 8. The van der Waals surface area contributed by atoms with Gasteiger partial charge in [-0.05, 0) is 104 Å². The Bertz CT molecular complexity index is 1300. The van der Waals surface area contributed by atoms with Crippen molar-refractivity contribution in [2.75, 3.05) is 0 Å². The van der Waals surface area contributed by atoms with Gasteiger partial charge in [0.1, 0.15) is 6.10 Å². The van der Waals surface area contributed by atoms with E-state index in [1.165, 1.54) is 25.7 Å². The van der Waals surface area contributed by atoms with Crippen LogP contribution < -0.4 is 0 Å². The molecule has 0 unspecified atom stereocenters. The molecular formula is C35H48N2O6. The van der Waals surface area contributed by atoms with Crippen molar-refractivity contribution in [1.82, 2.24) is 0 Å². The van der Waals surface area contributed by atoms with Crippen LogP contribution in [0.25, 0.3) is 0 Å². The van der Waals surface area contributed by atoms with Crippen LogP contribution >= 0.6 is 0 Å². The first-order valence-electron chi connectivity index (χ1n) is 16.3. The highest BCUT2D eigenvalue weighted by Gasteiger charge is 2.58. The Morgan fingerprint density at radius 3 is 2.16 bits per heavy atom. The highest BCUT2D eigenvalue weighted by atomic mass is 16.6. The molecule has 0 radical (unpaired) electrons. The minimum atomic E-state index is -0.733. The summed E-state index contributed by atoms with van der Waals surface area (Å²) in [5.41, 5.74) is 1.07. The van der Waals surface area contributed by atoms with E-state index in [0.717, 1.165) is 43.9 Å². The van der Waals surface area contributed by atoms with Gasteiger partial charge in [-0.1, -0.05) is 65.3 Å². The zero-order chi connectivity index (χ0) is 31.3. The molecule has 5 rings (SSSR count). The van der Waals surface area contributed by atoms with E-state index in [-0.39, 0.29) is 17.1 Å². The van der Waals surface area contributed by atoms with E-state index in [0.29, 0.717) is 46.8 Å². The predicted octanol–water partition coefficient (Wildman–Crippen LogP) is 9.09. The van der Waals surface area contributed by atoms with Gasteiger partial charge >= 0.3 is 5.97 Å². The number of nitrogens with zero attached hydrogens (tertiary/aromatic N) is 2. The van der Waals surface area contributed by atoms with Crippen LogP contribution in [0.1, 0.15) is 103 Å². The lowest BCUT2D eigenvalue weighted by Crippen LogP contribution is -2.50. The van der Waals surface area contributed by atoms with Gasteiger partial charge in [-0.2, -0.15) is 0 Å². The van der Waals surface area contributed by atoms with E-state index >= 15 is 0 Å². The lowest BCUT2D eigenvalue weighted by atomic mass is 9.47. The average molecular weight is 593 g/mol. The molecule has 3 saturated carbocycles. The van der Waals surface area contributed by atoms with E-state index in [1.54, 1.807) is 5.57 Å². The summed E-state index contributed by atoms with van der Waals surface area (Å²) in [7, 11) is 0. The number of nitro benzene ring substituents is 2. The number of allylic oxidation sites excluding steroid dienone is 4. The first kappa shape index (κ1) is 31.4. The Balaban J connectivity index is 1.28. The Morgan fingerprint density at radius 2 is 1.53 bits per heavy atom. The lowest BCUT2D eigenvalue weighted by molar-refractivity contribution is -0.394. The first-order valence-corrected chi connectivity index (χ1v) is 16.3. The zero-order valence-corrected chi connectivity index (χ0v) is 26.6. The maximum atomic E-state index is 13.0. The van der Waals surface area contributed by atoms with E-state index in [2.05, 4.69) is 59.8 Å². The Hall–Kier alpha value is -3.03. The Kier molecular flexibility index (Phi) is 8.62. The molecule has 3 fully saturated rings. The van der Waals surface area contributed by atoms with Crippen LogP contribution in [0.15, 0.2) is 42.0 Å². The summed E-state index contributed by atoms with van der Waals surface area (Å²) in [6.07, 6.45) is 15.6. The Labute approximate surface area is 255 Å². The van der Waals surface area contributed by atoms with Gasteiger partial charge in [-0.3, -0.25) is 20.2 Å². The van der Waals surface area contributed by atoms with Crippen molar-refractivity contribution < 1.29 is 19.4 Å². The van der Waals surface area contributed by atoms with Gasteiger partial charge in [0, 0.05) is 12.1 Å². The van der Waals surface area contributed by atoms with Crippen molar-refractivity contribution >= 4 is 17.3 Å². The molecule has 1 aromatic carbocycles. The average Bonchev–Trinajstić information content (AvgIpc) is 3.32. The SMILES string of the molecule is CC(C)[C@@H](C)/C=C/[C@@H](C)[C@@H]1CC[C@@H]2C3=CC[C@@H]4C[C@@H](OC(=O)c5cc([N+](=O)[O-])cc([N+](=O)[O-])c5)CC[C@@]4(C)[C@H]3CC[C@]21C. The molecule has 0 N–H and O–H groups in total. The van der Waals surface area contributed by atoms with Crippen LogP contribution in [-0.4, -0.2) is 21.9 Å². The number of ether oxygens (including phenoxy) is 1. The predicted molar refractivity (Wildman–Crippen MR) is 166 cm³/mol. The lowest BCUT2D eigenvalue weighted by Gasteiger charge is -2.58. The van der Waals surface area contributed by atoms with Crippen LogP contribution in [-0.2, 0) is 4.74 Å². The van der Waals surface area contributed by atoms with Gasteiger partial charge in [-0.25, -0.2) is 4.79 Å². The third kappa shape index (κ3) is 5.78. The van der Waals surface area contributed by atoms with Gasteiger partial charge in [0.05, 0.1) is 21.5 Å². The standard InChI is InChI=1S/C35H48N2O6/c1-21(2)22(3)7-8-23(4)30-11-12-31-29-10-9-25-19-28(13-15-34(25,5)32(29)14-16-35(30,31)6)43-33(38)24-17-26(36(39)40)20-27(18-24)37(41)42/h7-8,10,17-18,20-23,25,28,30-32H,9,11-16,19H2,1-6H3/b8-7+/t22-,23+,25+,28-,30-,31+,32-,34+,35-/m0/s1. The molecule has 4 aliphatic carbocycles. The molecule has 0 heterocycles. The second-order valence-corrected chi connectivity index (χ2v) is 14.9. The van der Waals surface area contributed by atoms with E-state index in [1.807, 2.05) is 0 Å². The third-order valence-electron chi connectivity index (χ3n) is 12.3. The van der Waals surface area contributed by atoms with Crippen LogP contribution in [0.3, 0.4) is 0 Å². The number of fused-ring (bicyclic) bond motifs is 5. The normalized spacial score (nSPS) is 35.0. The molecule has 4 aliphatic rings. The van der Waals surface area contributed by atoms with E-state index < -0.39 is 27.2 Å².